The van der Waals surface area contributed by atoms with Gasteiger partial charge in [0.05, 0.1) is 5.57 Å². The van der Waals surface area contributed by atoms with E-state index in [2.05, 4.69) is 24.3 Å². The number of fused-ring (bicyclic) bond motifs is 1. The van der Waals surface area contributed by atoms with Crippen LogP contribution in [0.25, 0.3) is 5.57 Å². The number of benzene rings is 2. The molecule has 1 aliphatic carbocycles. The molecular weight excluding hydrogens is 324 g/mol. The first-order valence-electron chi connectivity index (χ1n) is 9.43. The quantitative estimate of drug-likeness (QED) is 0.750. The van der Waals surface area contributed by atoms with Gasteiger partial charge in [-0.25, -0.2) is 4.79 Å². The number of ether oxygens (including phenoxy) is 2. The summed E-state index contributed by atoms with van der Waals surface area (Å²) in [5, 5.41) is 0. The van der Waals surface area contributed by atoms with Gasteiger partial charge in [-0.15, -0.1) is 0 Å². The van der Waals surface area contributed by atoms with Gasteiger partial charge in [0.1, 0.15) is 6.10 Å². The Labute approximate surface area is 154 Å². The Morgan fingerprint density at radius 3 is 2.42 bits per heavy atom. The Morgan fingerprint density at radius 1 is 1.04 bits per heavy atom. The van der Waals surface area contributed by atoms with Gasteiger partial charge in [-0.05, 0) is 48.8 Å². The number of esters is 1. The van der Waals surface area contributed by atoms with E-state index in [1.54, 1.807) is 0 Å². The summed E-state index contributed by atoms with van der Waals surface area (Å²) in [6.07, 6.45) is 2.53. The van der Waals surface area contributed by atoms with Crippen LogP contribution in [0.4, 0.5) is 0 Å². The van der Waals surface area contributed by atoms with Crippen molar-refractivity contribution < 1.29 is 14.3 Å². The molecule has 0 unspecified atom stereocenters. The van der Waals surface area contributed by atoms with Crippen LogP contribution in [-0.4, -0.2) is 24.8 Å². The molecule has 2 aromatic carbocycles. The Bertz CT molecular complexity index is 795. The summed E-state index contributed by atoms with van der Waals surface area (Å²) in [5.41, 5.74) is 4.12. The van der Waals surface area contributed by atoms with Crippen LogP contribution < -0.4 is 0 Å². The summed E-state index contributed by atoms with van der Waals surface area (Å²) >= 11 is 0. The Morgan fingerprint density at radius 2 is 1.73 bits per heavy atom. The maximum atomic E-state index is 12.6. The lowest BCUT2D eigenvalue weighted by molar-refractivity contribution is -0.148. The molecule has 0 spiro atoms. The average molecular weight is 348 g/mol. The molecular formula is C23H24O3. The van der Waals surface area contributed by atoms with E-state index in [1.807, 2.05) is 43.3 Å². The summed E-state index contributed by atoms with van der Waals surface area (Å²) in [6, 6.07) is 20.4. The standard InChI is InChI=1S/C23H24O3/c1-2-25-21-18(15-16-9-5-3-6-10-16)13-14-19-20(23(24)26-22(19)21)17-11-7-4-8-12-17/h3-12,18,21-22H,2,13-15H2,1H3/t18-,21+,22-/m1/s1. The third kappa shape index (κ3) is 3.19. The number of hydrogen-bond donors (Lipinski definition) is 0. The molecule has 0 saturated heterocycles. The zero-order valence-corrected chi connectivity index (χ0v) is 15.1. The minimum atomic E-state index is -0.250. The Hall–Kier alpha value is -2.39. The van der Waals surface area contributed by atoms with Crippen molar-refractivity contribution in [1.82, 2.24) is 0 Å². The van der Waals surface area contributed by atoms with E-state index in [4.69, 9.17) is 9.47 Å². The van der Waals surface area contributed by atoms with Crippen molar-refractivity contribution in [2.45, 2.75) is 38.4 Å². The van der Waals surface area contributed by atoms with Gasteiger partial charge in [-0.2, -0.15) is 0 Å². The van der Waals surface area contributed by atoms with Crippen LogP contribution in [0, 0.1) is 5.92 Å². The van der Waals surface area contributed by atoms with E-state index < -0.39 is 0 Å². The van der Waals surface area contributed by atoms with Gasteiger partial charge >= 0.3 is 5.97 Å². The van der Waals surface area contributed by atoms with Gasteiger partial charge in [0.15, 0.2) is 6.10 Å². The van der Waals surface area contributed by atoms with Crippen molar-refractivity contribution >= 4 is 11.5 Å². The molecule has 1 fully saturated rings. The third-order valence-corrected chi connectivity index (χ3v) is 5.41. The molecule has 0 aromatic heterocycles. The number of carbonyl (C=O) groups is 1. The van der Waals surface area contributed by atoms with Crippen LogP contribution in [0.15, 0.2) is 66.2 Å². The second kappa shape index (κ2) is 7.46. The largest absolute Gasteiger partial charge is 0.451 e. The summed E-state index contributed by atoms with van der Waals surface area (Å²) < 4.78 is 11.9. The first-order valence-corrected chi connectivity index (χ1v) is 9.43. The normalized spacial score (nSPS) is 25.1. The van der Waals surface area contributed by atoms with E-state index in [0.29, 0.717) is 12.5 Å². The maximum Gasteiger partial charge on any atom is 0.339 e. The molecule has 2 aromatic rings. The fourth-order valence-electron chi connectivity index (χ4n) is 4.26. The summed E-state index contributed by atoms with van der Waals surface area (Å²) in [4.78, 5) is 12.6. The first kappa shape index (κ1) is 17.0. The fraction of sp³-hybridized carbons (Fsp3) is 0.348. The monoisotopic (exact) mass is 348 g/mol. The smallest absolute Gasteiger partial charge is 0.339 e. The van der Waals surface area contributed by atoms with Crippen LogP contribution in [0.1, 0.15) is 30.9 Å². The lowest BCUT2D eigenvalue weighted by Gasteiger charge is -2.36. The summed E-state index contributed by atoms with van der Waals surface area (Å²) in [6.45, 7) is 2.63. The first-order chi connectivity index (χ1) is 12.8. The predicted molar refractivity (Wildman–Crippen MR) is 102 cm³/mol. The molecule has 0 N–H and O–H groups in total. The van der Waals surface area contributed by atoms with Crippen molar-refractivity contribution in [1.29, 1.82) is 0 Å². The molecule has 3 nitrogen and oxygen atoms in total. The van der Waals surface area contributed by atoms with Crippen LogP contribution >= 0.6 is 0 Å². The molecule has 0 radical (unpaired) electrons. The highest BCUT2D eigenvalue weighted by Gasteiger charge is 2.46. The van der Waals surface area contributed by atoms with Gasteiger partial charge in [-0.1, -0.05) is 60.7 Å². The molecule has 0 amide bonds. The number of rotatable bonds is 5. The zero-order chi connectivity index (χ0) is 17.9. The van der Waals surface area contributed by atoms with E-state index in [0.717, 1.165) is 36.0 Å². The topological polar surface area (TPSA) is 35.5 Å². The lowest BCUT2D eigenvalue weighted by Crippen LogP contribution is -2.42. The minimum absolute atomic E-state index is 0.0749. The van der Waals surface area contributed by atoms with Crippen LogP contribution in [0.3, 0.4) is 0 Å². The predicted octanol–water partition coefficient (Wildman–Crippen LogP) is 4.42. The molecule has 4 rings (SSSR count). The van der Waals surface area contributed by atoms with Crippen molar-refractivity contribution in [2.24, 2.45) is 5.92 Å². The molecule has 26 heavy (non-hydrogen) atoms. The molecule has 2 aliphatic rings. The van der Waals surface area contributed by atoms with Crippen LogP contribution in [0.5, 0.6) is 0 Å². The molecule has 1 aliphatic heterocycles. The van der Waals surface area contributed by atoms with Gasteiger partial charge in [0.25, 0.3) is 0 Å². The van der Waals surface area contributed by atoms with Crippen LogP contribution in [-0.2, 0) is 20.7 Å². The van der Waals surface area contributed by atoms with Gasteiger partial charge in [0.2, 0.25) is 0 Å². The highest BCUT2D eigenvalue weighted by atomic mass is 16.6. The Kier molecular flexibility index (Phi) is 4.89. The van der Waals surface area contributed by atoms with Gasteiger partial charge in [-0.3, -0.25) is 0 Å². The SMILES string of the molecule is CCO[C@H]1[C@@H](Cc2ccccc2)CCC2=C(c3ccccc3)C(=O)O[C@H]21. The minimum Gasteiger partial charge on any atom is -0.451 e. The molecule has 0 bridgehead atoms. The highest BCUT2D eigenvalue weighted by molar-refractivity contribution is 6.19. The summed E-state index contributed by atoms with van der Waals surface area (Å²) in [5.74, 6) is 0.148. The third-order valence-electron chi connectivity index (χ3n) is 5.41. The number of carbonyl (C=O) groups excluding carboxylic acids is 1. The molecule has 1 saturated carbocycles. The Balaban J connectivity index is 1.64. The summed E-state index contributed by atoms with van der Waals surface area (Å²) in [7, 11) is 0. The van der Waals surface area contributed by atoms with Crippen molar-refractivity contribution in [3.05, 3.63) is 77.4 Å². The molecule has 1 heterocycles. The van der Waals surface area contributed by atoms with E-state index in [1.165, 1.54) is 5.56 Å². The average Bonchev–Trinajstić information content (AvgIpc) is 3.01. The molecule has 3 heteroatoms. The van der Waals surface area contributed by atoms with Gasteiger partial charge in [0, 0.05) is 6.61 Å². The van der Waals surface area contributed by atoms with E-state index >= 15 is 0 Å². The van der Waals surface area contributed by atoms with E-state index in [-0.39, 0.29) is 18.2 Å². The maximum absolute atomic E-state index is 12.6. The zero-order valence-electron chi connectivity index (χ0n) is 15.1. The van der Waals surface area contributed by atoms with Crippen LogP contribution in [0.2, 0.25) is 0 Å². The van der Waals surface area contributed by atoms with Crippen molar-refractivity contribution in [3.8, 4) is 0 Å². The highest BCUT2D eigenvalue weighted by Crippen LogP contribution is 2.43. The molecule has 3 atom stereocenters. The molecule has 134 valence electrons. The van der Waals surface area contributed by atoms with Crippen molar-refractivity contribution in [2.75, 3.05) is 6.61 Å². The van der Waals surface area contributed by atoms with Gasteiger partial charge < -0.3 is 9.47 Å². The second-order valence-electron chi connectivity index (χ2n) is 7.00. The fourth-order valence-corrected chi connectivity index (χ4v) is 4.26. The van der Waals surface area contributed by atoms with Crippen molar-refractivity contribution in [3.63, 3.8) is 0 Å². The second-order valence-corrected chi connectivity index (χ2v) is 7.00. The lowest BCUT2D eigenvalue weighted by atomic mass is 9.77. The number of hydrogen-bond acceptors (Lipinski definition) is 3. The van der Waals surface area contributed by atoms with E-state index in [9.17, 15) is 4.79 Å².